The molecule has 1 aliphatic carbocycles. The molecule has 154 valence electrons. The van der Waals surface area contributed by atoms with Crippen LogP contribution in [0.4, 0.5) is 11.4 Å². The zero-order valence-electron chi connectivity index (χ0n) is 16.1. The molecule has 2 N–H and O–H groups in total. The number of hydrogen-bond donors (Lipinski definition) is 2. The summed E-state index contributed by atoms with van der Waals surface area (Å²) in [5.74, 6) is -2.94. The van der Waals surface area contributed by atoms with Gasteiger partial charge in [0.1, 0.15) is 6.54 Å². The average Bonchev–Trinajstić information content (AvgIpc) is 2.91. The normalized spacial score (nSPS) is 20.8. The second-order valence-corrected chi connectivity index (χ2v) is 7.23. The summed E-state index contributed by atoms with van der Waals surface area (Å²) in [5.41, 5.74) is 0.936. The van der Waals surface area contributed by atoms with Gasteiger partial charge in [-0.05, 0) is 31.0 Å². The maximum atomic E-state index is 12.4. The number of fused-ring (bicyclic) bond motifs is 1. The smallest absolute Gasteiger partial charge is 0.326 e. The number of imide groups is 1. The first-order valence-corrected chi connectivity index (χ1v) is 9.53. The first-order chi connectivity index (χ1) is 13.8. The van der Waals surface area contributed by atoms with Crippen molar-refractivity contribution in [2.75, 3.05) is 23.8 Å². The predicted octanol–water partition coefficient (Wildman–Crippen LogP) is 1.30. The fraction of sp³-hybridized carbons (Fsp3) is 0.450. The average molecular weight is 401 g/mol. The first kappa shape index (κ1) is 20.5. The summed E-state index contributed by atoms with van der Waals surface area (Å²) in [5, 5.41) is 5.14. The van der Waals surface area contributed by atoms with Crippen LogP contribution < -0.4 is 10.6 Å². The summed E-state index contributed by atoms with van der Waals surface area (Å²) in [4.78, 5) is 60.8. The second-order valence-electron chi connectivity index (χ2n) is 7.23. The van der Waals surface area contributed by atoms with Crippen LogP contribution in [-0.2, 0) is 28.7 Å². The van der Waals surface area contributed by atoms with Crippen LogP contribution in [0.15, 0.2) is 24.3 Å². The molecule has 1 aromatic carbocycles. The van der Waals surface area contributed by atoms with Crippen LogP contribution in [0, 0.1) is 11.8 Å². The van der Waals surface area contributed by atoms with E-state index in [9.17, 15) is 24.0 Å². The van der Waals surface area contributed by atoms with Gasteiger partial charge in [-0.25, -0.2) is 0 Å². The SMILES string of the molecule is CC(=O)Nc1cccc(NC(=O)COC(=O)CN2C(=O)[C@@H]3CCCC[C@H]3C2=O)c1. The lowest BCUT2D eigenvalue weighted by Gasteiger charge is -2.19. The fourth-order valence-electron chi connectivity index (χ4n) is 3.78. The molecule has 1 aliphatic heterocycles. The number of anilines is 2. The standard InChI is InChI=1S/C20H23N3O6/c1-12(24)21-13-5-4-6-14(9-13)22-17(25)11-29-18(26)10-23-19(27)15-7-2-3-8-16(15)20(23)28/h4-6,9,15-16H,2-3,7-8,10-11H2,1H3,(H,21,24)(H,22,25)/t15-,16-/m1/s1. The van der Waals surface area contributed by atoms with E-state index < -0.39 is 25.0 Å². The van der Waals surface area contributed by atoms with E-state index in [1.807, 2.05) is 0 Å². The molecule has 2 fully saturated rings. The Labute approximate surface area is 167 Å². The van der Waals surface area contributed by atoms with Gasteiger partial charge < -0.3 is 15.4 Å². The number of carbonyl (C=O) groups excluding carboxylic acids is 5. The molecule has 0 aromatic heterocycles. The van der Waals surface area contributed by atoms with Gasteiger partial charge in [0.05, 0.1) is 11.8 Å². The van der Waals surface area contributed by atoms with Crippen LogP contribution in [0.25, 0.3) is 0 Å². The Morgan fingerprint density at radius 1 is 1.03 bits per heavy atom. The van der Waals surface area contributed by atoms with Crippen molar-refractivity contribution in [3.05, 3.63) is 24.3 Å². The summed E-state index contributed by atoms with van der Waals surface area (Å²) >= 11 is 0. The zero-order chi connectivity index (χ0) is 21.0. The number of ether oxygens (including phenoxy) is 1. The Hall–Kier alpha value is -3.23. The number of benzene rings is 1. The maximum Gasteiger partial charge on any atom is 0.326 e. The van der Waals surface area contributed by atoms with Crippen LogP contribution in [0.1, 0.15) is 32.6 Å². The van der Waals surface area contributed by atoms with Crippen molar-refractivity contribution in [2.45, 2.75) is 32.6 Å². The van der Waals surface area contributed by atoms with Crippen molar-refractivity contribution >= 4 is 41.0 Å². The van der Waals surface area contributed by atoms with Gasteiger partial charge in [0.25, 0.3) is 5.91 Å². The van der Waals surface area contributed by atoms with Crippen LogP contribution >= 0.6 is 0 Å². The molecule has 9 heteroatoms. The highest BCUT2D eigenvalue weighted by molar-refractivity contribution is 6.07. The van der Waals surface area contributed by atoms with Crippen molar-refractivity contribution < 1.29 is 28.7 Å². The van der Waals surface area contributed by atoms with Crippen molar-refractivity contribution in [3.63, 3.8) is 0 Å². The number of rotatable bonds is 6. The molecule has 2 aliphatic rings. The highest BCUT2D eigenvalue weighted by Crippen LogP contribution is 2.37. The Bertz CT molecular complexity index is 828. The van der Waals surface area contributed by atoms with Gasteiger partial charge in [0, 0.05) is 18.3 Å². The highest BCUT2D eigenvalue weighted by atomic mass is 16.5. The summed E-state index contributed by atoms with van der Waals surface area (Å²) in [6, 6.07) is 6.49. The van der Waals surface area contributed by atoms with Crippen molar-refractivity contribution in [1.29, 1.82) is 0 Å². The minimum Gasteiger partial charge on any atom is -0.454 e. The molecule has 1 aromatic rings. The summed E-state index contributed by atoms with van der Waals surface area (Å²) in [7, 11) is 0. The molecular weight excluding hydrogens is 378 g/mol. The van der Waals surface area contributed by atoms with Crippen LogP contribution in [0.3, 0.4) is 0 Å². The molecule has 9 nitrogen and oxygen atoms in total. The second kappa shape index (κ2) is 8.85. The monoisotopic (exact) mass is 401 g/mol. The van der Waals surface area contributed by atoms with Crippen molar-refractivity contribution in [1.82, 2.24) is 4.90 Å². The third kappa shape index (κ3) is 4.98. The third-order valence-electron chi connectivity index (χ3n) is 5.05. The lowest BCUT2D eigenvalue weighted by atomic mass is 9.81. The van der Waals surface area contributed by atoms with E-state index in [-0.39, 0.29) is 29.6 Å². The molecular formula is C20H23N3O6. The third-order valence-corrected chi connectivity index (χ3v) is 5.05. The van der Waals surface area contributed by atoms with E-state index >= 15 is 0 Å². The van der Waals surface area contributed by atoms with Crippen LogP contribution in [0.5, 0.6) is 0 Å². The van der Waals surface area contributed by atoms with E-state index in [2.05, 4.69) is 10.6 Å². The Morgan fingerprint density at radius 3 is 2.21 bits per heavy atom. The highest BCUT2D eigenvalue weighted by Gasteiger charge is 2.48. The first-order valence-electron chi connectivity index (χ1n) is 9.53. The Kier molecular flexibility index (Phi) is 6.26. The number of esters is 1. The van der Waals surface area contributed by atoms with E-state index in [1.165, 1.54) is 6.92 Å². The zero-order valence-corrected chi connectivity index (χ0v) is 16.1. The minimum atomic E-state index is -0.813. The minimum absolute atomic E-state index is 0.242. The lowest BCUT2D eigenvalue weighted by molar-refractivity contribution is -0.154. The fourth-order valence-corrected chi connectivity index (χ4v) is 3.78. The number of nitrogens with zero attached hydrogens (tertiary/aromatic N) is 1. The molecule has 0 bridgehead atoms. The van der Waals surface area contributed by atoms with Gasteiger partial charge in [-0.15, -0.1) is 0 Å². The van der Waals surface area contributed by atoms with Crippen LogP contribution in [-0.4, -0.2) is 47.6 Å². The number of likely N-dealkylation sites (tertiary alicyclic amines) is 1. The van der Waals surface area contributed by atoms with Gasteiger partial charge in [-0.2, -0.15) is 0 Å². The van der Waals surface area contributed by atoms with Gasteiger partial charge >= 0.3 is 5.97 Å². The lowest BCUT2D eigenvalue weighted by Crippen LogP contribution is -2.37. The molecule has 1 saturated carbocycles. The molecule has 3 rings (SSSR count). The topological polar surface area (TPSA) is 122 Å². The molecule has 4 amide bonds. The molecule has 0 spiro atoms. The molecule has 2 atom stereocenters. The van der Waals surface area contributed by atoms with Gasteiger partial charge in [0.2, 0.25) is 17.7 Å². The maximum absolute atomic E-state index is 12.4. The Balaban J connectivity index is 1.48. The van der Waals surface area contributed by atoms with E-state index in [0.717, 1.165) is 17.7 Å². The molecule has 29 heavy (non-hydrogen) atoms. The number of amides is 4. The van der Waals surface area contributed by atoms with Gasteiger partial charge in [-0.3, -0.25) is 28.9 Å². The van der Waals surface area contributed by atoms with Gasteiger partial charge in [-0.1, -0.05) is 18.9 Å². The largest absolute Gasteiger partial charge is 0.454 e. The number of nitrogens with one attached hydrogen (secondary N) is 2. The van der Waals surface area contributed by atoms with Crippen molar-refractivity contribution in [3.8, 4) is 0 Å². The quantitative estimate of drug-likeness (QED) is 0.547. The molecule has 0 radical (unpaired) electrons. The van der Waals surface area contributed by atoms with E-state index in [4.69, 9.17) is 4.74 Å². The van der Waals surface area contributed by atoms with Crippen LogP contribution in [0.2, 0.25) is 0 Å². The van der Waals surface area contributed by atoms with E-state index in [1.54, 1.807) is 24.3 Å². The summed E-state index contributed by atoms with van der Waals surface area (Å²) < 4.78 is 4.92. The van der Waals surface area contributed by atoms with Crippen molar-refractivity contribution in [2.24, 2.45) is 11.8 Å². The molecule has 1 heterocycles. The van der Waals surface area contributed by atoms with E-state index in [0.29, 0.717) is 24.2 Å². The molecule has 1 saturated heterocycles. The van der Waals surface area contributed by atoms with Gasteiger partial charge in [0.15, 0.2) is 6.61 Å². The summed E-state index contributed by atoms with van der Waals surface area (Å²) in [6.45, 7) is 0.345. The number of hydrogen-bond acceptors (Lipinski definition) is 6. The predicted molar refractivity (Wildman–Crippen MR) is 103 cm³/mol. The summed E-state index contributed by atoms with van der Waals surface area (Å²) in [6.07, 6.45) is 3.14. The number of carbonyl (C=O) groups is 5. The molecule has 0 unspecified atom stereocenters. The Morgan fingerprint density at radius 2 is 1.62 bits per heavy atom.